The maximum Gasteiger partial charge on any atom is 0.274 e. The van der Waals surface area contributed by atoms with E-state index in [-0.39, 0.29) is 40.1 Å². The number of carbonyl (C=O) groups is 2. The predicted molar refractivity (Wildman–Crippen MR) is 133 cm³/mol. The number of carbonyl (C=O) groups excluding carboxylic acids is 2. The summed E-state index contributed by atoms with van der Waals surface area (Å²) in [5, 5.41) is 16.9. The quantitative estimate of drug-likeness (QED) is 0.424. The average molecular weight is 506 g/mol. The maximum absolute atomic E-state index is 14.6. The normalized spacial score (nSPS) is 15.2. The number of rotatable bonds is 5. The number of aromatic nitrogens is 3. The Kier molecular flexibility index (Phi) is 6.49. The lowest BCUT2D eigenvalue weighted by Crippen LogP contribution is -2.29. The van der Waals surface area contributed by atoms with Gasteiger partial charge in [0.15, 0.2) is 5.69 Å². The first-order valence-corrected chi connectivity index (χ1v) is 11.6. The van der Waals surface area contributed by atoms with Gasteiger partial charge in [-0.1, -0.05) is 35.9 Å². The highest BCUT2D eigenvalue weighted by Crippen LogP contribution is 2.29. The van der Waals surface area contributed by atoms with E-state index in [1.54, 1.807) is 42.5 Å². The molecule has 1 saturated heterocycles. The molecule has 0 saturated carbocycles. The number of β-amino-alcohol motifs (C(OH)–C–C–N with tert-alkyl or cyclic N) is 1. The second kappa shape index (κ2) is 9.88. The zero-order valence-corrected chi connectivity index (χ0v) is 19.7. The molecule has 0 aliphatic carbocycles. The van der Waals surface area contributed by atoms with Crippen molar-refractivity contribution in [3.05, 3.63) is 95.0 Å². The average Bonchev–Trinajstić information content (AvgIpc) is 3.51. The van der Waals surface area contributed by atoms with E-state index < -0.39 is 17.8 Å². The molecule has 1 aliphatic heterocycles. The molecule has 4 aromatic rings. The number of benzene rings is 2. The number of halogens is 2. The van der Waals surface area contributed by atoms with Crippen LogP contribution in [0.25, 0.3) is 16.9 Å². The number of nitrogens with zero attached hydrogens (tertiary/aromatic N) is 4. The van der Waals surface area contributed by atoms with Crippen molar-refractivity contribution in [2.75, 3.05) is 18.4 Å². The summed E-state index contributed by atoms with van der Waals surface area (Å²) in [5.74, 6) is -1.34. The third-order valence-corrected chi connectivity index (χ3v) is 6.18. The first-order chi connectivity index (χ1) is 17.4. The predicted octanol–water partition coefficient (Wildman–Crippen LogP) is 4.19. The molecule has 0 radical (unpaired) electrons. The van der Waals surface area contributed by atoms with Crippen molar-refractivity contribution < 1.29 is 19.1 Å². The van der Waals surface area contributed by atoms with E-state index in [0.717, 1.165) is 6.07 Å². The molecular weight excluding hydrogens is 485 g/mol. The molecule has 3 heterocycles. The van der Waals surface area contributed by atoms with Crippen LogP contribution in [-0.2, 0) is 0 Å². The van der Waals surface area contributed by atoms with Gasteiger partial charge in [-0.15, -0.1) is 0 Å². The molecule has 36 heavy (non-hydrogen) atoms. The van der Waals surface area contributed by atoms with Crippen LogP contribution in [0.3, 0.4) is 0 Å². The smallest absolute Gasteiger partial charge is 0.274 e. The first-order valence-electron chi connectivity index (χ1n) is 11.3. The number of para-hydroxylation sites is 1. The van der Waals surface area contributed by atoms with E-state index in [0.29, 0.717) is 24.3 Å². The van der Waals surface area contributed by atoms with Gasteiger partial charge in [-0.2, -0.15) is 5.10 Å². The van der Waals surface area contributed by atoms with E-state index in [1.807, 2.05) is 6.07 Å². The molecule has 10 heteroatoms. The molecule has 8 nitrogen and oxygen atoms in total. The third-order valence-electron chi connectivity index (χ3n) is 5.86. The molecule has 0 bridgehead atoms. The van der Waals surface area contributed by atoms with Crippen LogP contribution in [0.1, 0.15) is 27.3 Å². The molecule has 0 spiro atoms. The minimum atomic E-state index is -0.607. The fraction of sp³-hybridized carbons (Fsp3) is 0.154. The summed E-state index contributed by atoms with van der Waals surface area (Å²) in [6.45, 7) is 0.640. The number of aliphatic hydroxyl groups excluding tert-OH is 1. The Labute approximate surface area is 211 Å². The van der Waals surface area contributed by atoms with E-state index >= 15 is 0 Å². The van der Waals surface area contributed by atoms with Crippen molar-refractivity contribution in [1.82, 2.24) is 19.7 Å². The summed E-state index contributed by atoms with van der Waals surface area (Å²) in [6.07, 6.45) is 1.45. The summed E-state index contributed by atoms with van der Waals surface area (Å²) in [4.78, 5) is 32.0. The molecule has 1 aliphatic rings. The van der Waals surface area contributed by atoms with E-state index in [2.05, 4.69) is 15.4 Å². The second-order valence-corrected chi connectivity index (χ2v) is 8.74. The molecule has 182 valence electrons. The van der Waals surface area contributed by atoms with Crippen molar-refractivity contribution in [3.63, 3.8) is 0 Å². The fourth-order valence-electron chi connectivity index (χ4n) is 4.05. The Balaban J connectivity index is 1.50. The third kappa shape index (κ3) is 4.71. The summed E-state index contributed by atoms with van der Waals surface area (Å²) >= 11 is 6.23. The summed E-state index contributed by atoms with van der Waals surface area (Å²) < 4.78 is 16.1. The van der Waals surface area contributed by atoms with Crippen LogP contribution < -0.4 is 5.32 Å². The van der Waals surface area contributed by atoms with Gasteiger partial charge in [0.05, 0.1) is 28.1 Å². The molecule has 0 unspecified atom stereocenters. The summed E-state index contributed by atoms with van der Waals surface area (Å²) in [7, 11) is 0. The number of nitrogens with one attached hydrogen (secondary N) is 1. The van der Waals surface area contributed by atoms with Gasteiger partial charge in [-0.05, 0) is 42.8 Å². The molecule has 2 aromatic carbocycles. The Morgan fingerprint density at radius 2 is 1.86 bits per heavy atom. The second-order valence-electron chi connectivity index (χ2n) is 8.34. The zero-order valence-electron chi connectivity index (χ0n) is 18.9. The van der Waals surface area contributed by atoms with Gasteiger partial charge >= 0.3 is 0 Å². The van der Waals surface area contributed by atoms with Crippen LogP contribution in [0.2, 0.25) is 5.02 Å². The lowest BCUT2D eigenvalue weighted by atomic mass is 10.1. The fourth-order valence-corrected chi connectivity index (χ4v) is 4.29. The monoisotopic (exact) mass is 505 g/mol. The van der Waals surface area contributed by atoms with Gasteiger partial charge in [-0.3, -0.25) is 14.6 Å². The highest BCUT2D eigenvalue weighted by atomic mass is 35.5. The van der Waals surface area contributed by atoms with Crippen molar-refractivity contribution in [2.45, 2.75) is 12.5 Å². The number of likely N-dealkylation sites (tertiary alicyclic amines) is 1. The Hall–Kier alpha value is -4.08. The SMILES string of the molecule is O=C(Nc1cc(C(=O)N2CC[C@H](O)C2)nn1-c1ccccc1)c1cc(-c2ccccn2)c(F)cc1Cl. The van der Waals surface area contributed by atoms with Gasteiger partial charge in [-0.25, -0.2) is 9.07 Å². The Bertz CT molecular complexity index is 1430. The van der Waals surface area contributed by atoms with Gasteiger partial charge in [0.1, 0.15) is 11.6 Å². The largest absolute Gasteiger partial charge is 0.391 e. The molecule has 1 atom stereocenters. The van der Waals surface area contributed by atoms with Crippen molar-refractivity contribution >= 4 is 29.2 Å². The minimum Gasteiger partial charge on any atom is -0.391 e. The molecule has 1 fully saturated rings. The van der Waals surface area contributed by atoms with Crippen LogP contribution in [0.5, 0.6) is 0 Å². The van der Waals surface area contributed by atoms with Crippen LogP contribution in [0, 0.1) is 5.82 Å². The molecule has 2 N–H and O–H groups in total. The number of pyridine rings is 1. The van der Waals surface area contributed by atoms with Gasteiger partial charge in [0.25, 0.3) is 11.8 Å². The molecule has 2 aromatic heterocycles. The molecular formula is C26H21ClFN5O3. The highest BCUT2D eigenvalue weighted by molar-refractivity contribution is 6.34. The lowest BCUT2D eigenvalue weighted by molar-refractivity contribution is 0.0758. The zero-order chi connectivity index (χ0) is 25.2. The molecule has 2 amide bonds. The van der Waals surface area contributed by atoms with Crippen LogP contribution in [0.15, 0.2) is 72.9 Å². The number of hydrogen-bond donors (Lipinski definition) is 2. The van der Waals surface area contributed by atoms with Gasteiger partial charge in [0, 0.05) is 30.9 Å². The van der Waals surface area contributed by atoms with Crippen LogP contribution >= 0.6 is 11.6 Å². The highest BCUT2D eigenvalue weighted by Gasteiger charge is 2.28. The van der Waals surface area contributed by atoms with Crippen molar-refractivity contribution in [2.24, 2.45) is 0 Å². The standard InChI is InChI=1S/C26H21ClFN5O3/c27-20-13-21(28)19(22-8-4-5-10-29-22)12-18(20)25(35)30-24-14-23(26(36)32-11-9-17(34)15-32)31-33(24)16-6-2-1-3-7-16/h1-8,10,12-14,17,34H,9,11,15H2,(H,30,35)/t17-/m0/s1. The van der Waals surface area contributed by atoms with Crippen molar-refractivity contribution in [1.29, 1.82) is 0 Å². The van der Waals surface area contributed by atoms with Gasteiger partial charge < -0.3 is 15.3 Å². The molecule has 5 rings (SSSR count). The Morgan fingerprint density at radius 1 is 1.08 bits per heavy atom. The number of aliphatic hydroxyl groups is 1. The maximum atomic E-state index is 14.6. The first kappa shape index (κ1) is 23.7. The van der Waals surface area contributed by atoms with Crippen LogP contribution in [-0.4, -0.2) is 55.8 Å². The number of amides is 2. The summed E-state index contributed by atoms with van der Waals surface area (Å²) in [6, 6.07) is 17.9. The number of hydrogen-bond acceptors (Lipinski definition) is 5. The van der Waals surface area contributed by atoms with E-state index in [9.17, 15) is 19.1 Å². The van der Waals surface area contributed by atoms with Crippen LogP contribution in [0.4, 0.5) is 10.2 Å². The topological polar surface area (TPSA) is 100 Å². The number of anilines is 1. The lowest BCUT2D eigenvalue weighted by Gasteiger charge is -2.13. The van der Waals surface area contributed by atoms with E-state index in [4.69, 9.17) is 11.6 Å². The van der Waals surface area contributed by atoms with E-state index in [1.165, 1.54) is 27.9 Å². The minimum absolute atomic E-state index is 0.0371. The summed E-state index contributed by atoms with van der Waals surface area (Å²) in [5.41, 5.74) is 1.26. The van der Waals surface area contributed by atoms with Crippen molar-refractivity contribution in [3.8, 4) is 16.9 Å². The Morgan fingerprint density at radius 3 is 2.56 bits per heavy atom. The van der Waals surface area contributed by atoms with Gasteiger partial charge in [0.2, 0.25) is 0 Å².